The second kappa shape index (κ2) is 7.23. The van der Waals surface area contributed by atoms with E-state index in [1.807, 2.05) is 44.1 Å². The van der Waals surface area contributed by atoms with Crippen molar-refractivity contribution in [2.24, 2.45) is 0 Å². The van der Waals surface area contributed by atoms with E-state index in [2.05, 4.69) is 15.2 Å². The summed E-state index contributed by atoms with van der Waals surface area (Å²) in [6.07, 6.45) is 1.76. The SMILES string of the molecule is Cc1cc(C)n(CC(=O)N2CCCC2c2ccc(N(C)C)nn2)c(=O)n1. The van der Waals surface area contributed by atoms with Crippen molar-refractivity contribution in [2.75, 3.05) is 25.5 Å². The molecule has 1 aliphatic heterocycles. The first-order valence-electron chi connectivity index (χ1n) is 8.72. The van der Waals surface area contributed by atoms with Crippen LogP contribution in [0.15, 0.2) is 23.0 Å². The molecule has 0 bridgehead atoms. The van der Waals surface area contributed by atoms with Gasteiger partial charge >= 0.3 is 5.69 Å². The van der Waals surface area contributed by atoms with Crippen molar-refractivity contribution in [1.82, 2.24) is 24.6 Å². The molecule has 1 aliphatic rings. The lowest BCUT2D eigenvalue weighted by Crippen LogP contribution is -2.38. The van der Waals surface area contributed by atoms with Gasteiger partial charge in [-0.2, -0.15) is 10.1 Å². The fourth-order valence-electron chi connectivity index (χ4n) is 3.32. The zero-order valence-electron chi connectivity index (χ0n) is 15.6. The molecular weight excluding hydrogens is 332 g/mol. The zero-order chi connectivity index (χ0) is 18.8. The summed E-state index contributed by atoms with van der Waals surface area (Å²) in [5.41, 5.74) is 1.79. The summed E-state index contributed by atoms with van der Waals surface area (Å²) < 4.78 is 1.42. The van der Waals surface area contributed by atoms with E-state index in [4.69, 9.17) is 0 Å². The van der Waals surface area contributed by atoms with Gasteiger partial charge in [0.15, 0.2) is 5.82 Å². The van der Waals surface area contributed by atoms with Crippen molar-refractivity contribution in [3.8, 4) is 0 Å². The van der Waals surface area contributed by atoms with Crippen LogP contribution in [0.25, 0.3) is 0 Å². The maximum Gasteiger partial charge on any atom is 0.348 e. The summed E-state index contributed by atoms with van der Waals surface area (Å²) >= 11 is 0. The molecule has 26 heavy (non-hydrogen) atoms. The third kappa shape index (κ3) is 3.58. The molecule has 1 amide bonds. The second-order valence-electron chi connectivity index (χ2n) is 6.86. The molecule has 1 fully saturated rings. The Morgan fingerprint density at radius 1 is 1.27 bits per heavy atom. The van der Waals surface area contributed by atoms with Gasteiger partial charge in [-0.15, -0.1) is 5.10 Å². The summed E-state index contributed by atoms with van der Waals surface area (Å²) in [4.78, 5) is 32.6. The molecule has 0 spiro atoms. The van der Waals surface area contributed by atoms with E-state index in [0.717, 1.165) is 30.0 Å². The van der Waals surface area contributed by atoms with Crippen molar-refractivity contribution in [3.05, 3.63) is 45.8 Å². The molecule has 1 atom stereocenters. The van der Waals surface area contributed by atoms with Crippen LogP contribution in [-0.2, 0) is 11.3 Å². The highest BCUT2D eigenvalue weighted by molar-refractivity contribution is 5.77. The number of carbonyl (C=O) groups is 1. The van der Waals surface area contributed by atoms with Gasteiger partial charge in [0.2, 0.25) is 5.91 Å². The average Bonchev–Trinajstić information content (AvgIpc) is 3.07. The van der Waals surface area contributed by atoms with Crippen LogP contribution < -0.4 is 10.6 Å². The maximum absolute atomic E-state index is 12.8. The van der Waals surface area contributed by atoms with E-state index in [0.29, 0.717) is 12.2 Å². The number of hydrogen-bond donors (Lipinski definition) is 0. The predicted molar refractivity (Wildman–Crippen MR) is 98.0 cm³/mol. The van der Waals surface area contributed by atoms with Crippen LogP contribution in [0.4, 0.5) is 5.82 Å². The van der Waals surface area contributed by atoms with Crippen molar-refractivity contribution in [3.63, 3.8) is 0 Å². The molecule has 1 unspecified atom stereocenters. The summed E-state index contributed by atoms with van der Waals surface area (Å²) in [5.74, 6) is 0.680. The molecule has 3 rings (SSSR count). The van der Waals surface area contributed by atoms with Gasteiger partial charge in [0.1, 0.15) is 6.54 Å². The number of likely N-dealkylation sites (tertiary alicyclic amines) is 1. The number of aromatic nitrogens is 4. The first-order chi connectivity index (χ1) is 12.4. The minimum Gasteiger partial charge on any atom is -0.361 e. The molecular formula is C18H24N6O2. The average molecular weight is 356 g/mol. The smallest absolute Gasteiger partial charge is 0.348 e. The van der Waals surface area contributed by atoms with Crippen LogP contribution in [0.2, 0.25) is 0 Å². The third-order valence-electron chi connectivity index (χ3n) is 4.68. The number of rotatable bonds is 4. The van der Waals surface area contributed by atoms with E-state index in [9.17, 15) is 9.59 Å². The Balaban J connectivity index is 1.80. The van der Waals surface area contributed by atoms with Gasteiger partial charge in [-0.1, -0.05) is 0 Å². The van der Waals surface area contributed by atoms with Gasteiger partial charge in [-0.3, -0.25) is 9.36 Å². The summed E-state index contributed by atoms with van der Waals surface area (Å²) in [6, 6.07) is 5.54. The first-order valence-corrected chi connectivity index (χ1v) is 8.72. The van der Waals surface area contributed by atoms with Crippen LogP contribution in [0.3, 0.4) is 0 Å². The largest absolute Gasteiger partial charge is 0.361 e. The number of hydrogen-bond acceptors (Lipinski definition) is 6. The van der Waals surface area contributed by atoms with Crippen LogP contribution >= 0.6 is 0 Å². The quantitative estimate of drug-likeness (QED) is 0.815. The van der Waals surface area contributed by atoms with Gasteiger partial charge in [0.25, 0.3) is 0 Å². The maximum atomic E-state index is 12.8. The van der Waals surface area contributed by atoms with Crippen LogP contribution in [-0.4, -0.2) is 51.2 Å². The molecule has 0 saturated carbocycles. The van der Waals surface area contributed by atoms with Gasteiger partial charge in [0, 0.05) is 32.0 Å². The van der Waals surface area contributed by atoms with Gasteiger partial charge in [-0.05, 0) is 44.9 Å². The van der Waals surface area contributed by atoms with Crippen molar-refractivity contribution in [2.45, 2.75) is 39.3 Å². The summed E-state index contributed by atoms with van der Waals surface area (Å²) in [6.45, 7) is 4.24. The highest BCUT2D eigenvalue weighted by Gasteiger charge is 2.31. The molecule has 0 aromatic carbocycles. The highest BCUT2D eigenvalue weighted by Crippen LogP contribution is 2.31. The lowest BCUT2D eigenvalue weighted by Gasteiger charge is -2.25. The molecule has 3 heterocycles. The number of aryl methyl sites for hydroxylation is 2. The van der Waals surface area contributed by atoms with Crippen molar-refractivity contribution in [1.29, 1.82) is 0 Å². The van der Waals surface area contributed by atoms with Crippen molar-refractivity contribution >= 4 is 11.7 Å². The van der Waals surface area contributed by atoms with Crippen LogP contribution in [0.5, 0.6) is 0 Å². The normalized spacial score (nSPS) is 16.8. The molecule has 2 aromatic rings. The Morgan fingerprint density at radius 3 is 2.65 bits per heavy atom. The number of amides is 1. The second-order valence-corrected chi connectivity index (χ2v) is 6.86. The predicted octanol–water partition coefficient (Wildman–Crippen LogP) is 1.08. The van der Waals surface area contributed by atoms with Gasteiger partial charge in [-0.25, -0.2) is 4.79 Å². The van der Waals surface area contributed by atoms with E-state index in [-0.39, 0.29) is 24.2 Å². The molecule has 8 heteroatoms. The minimum atomic E-state index is -0.387. The standard InChI is InChI=1S/C18H24N6O2/c1-12-10-13(2)24(18(26)19-12)11-17(25)23-9-5-6-15(23)14-7-8-16(21-20-14)22(3)4/h7-8,10,15H,5-6,9,11H2,1-4H3. The number of anilines is 1. The Morgan fingerprint density at radius 2 is 2.04 bits per heavy atom. The zero-order valence-corrected chi connectivity index (χ0v) is 15.6. The van der Waals surface area contributed by atoms with E-state index in [1.165, 1.54) is 4.57 Å². The fraction of sp³-hybridized carbons (Fsp3) is 0.500. The Kier molecular flexibility index (Phi) is 5.01. The molecule has 1 saturated heterocycles. The number of nitrogens with zero attached hydrogens (tertiary/aromatic N) is 6. The molecule has 0 aliphatic carbocycles. The van der Waals surface area contributed by atoms with Gasteiger partial charge in [0.05, 0.1) is 11.7 Å². The lowest BCUT2D eigenvalue weighted by molar-refractivity contribution is -0.133. The summed E-state index contributed by atoms with van der Waals surface area (Å²) in [5, 5.41) is 8.51. The molecule has 138 valence electrons. The van der Waals surface area contributed by atoms with E-state index >= 15 is 0 Å². The van der Waals surface area contributed by atoms with Crippen LogP contribution in [0.1, 0.15) is 36.0 Å². The first kappa shape index (κ1) is 18.0. The third-order valence-corrected chi connectivity index (χ3v) is 4.68. The number of carbonyl (C=O) groups excluding carboxylic acids is 1. The summed E-state index contributed by atoms with van der Waals surface area (Å²) in [7, 11) is 3.82. The molecule has 2 aromatic heterocycles. The molecule has 8 nitrogen and oxygen atoms in total. The topological polar surface area (TPSA) is 84.2 Å². The monoisotopic (exact) mass is 356 g/mol. The Bertz CT molecular complexity index is 859. The highest BCUT2D eigenvalue weighted by atomic mass is 16.2. The lowest BCUT2D eigenvalue weighted by atomic mass is 10.1. The van der Waals surface area contributed by atoms with Crippen LogP contribution in [0, 0.1) is 13.8 Å². The minimum absolute atomic E-state index is 0.00232. The fourth-order valence-corrected chi connectivity index (χ4v) is 3.32. The van der Waals surface area contributed by atoms with Crippen molar-refractivity contribution < 1.29 is 4.79 Å². The Hall–Kier alpha value is -2.77. The molecule has 0 radical (unpaired) electrons. The molecule has 0 N–H and O–H groups in total. The Labute approximate surface area is 152 Å². The van der Waals surface area contributed by atoms with E-state index < -0.39 is 0 Å². The van der Waals surface area contributed by atoms with E-state index in [1.54, 1.807) is 11.8 Å². The van der Waals surface area contributed by atoms with Gasteiger partial charge < -0.3 is 9.80 Å².